The maximum absolute atomic E-state index is 12.9. The van der Waals surface area contributed by atoms with E-state index in [0.29, 0.717) is 24.7 Å². The van der Waals surface area contributed by atoms with Crippen LogP contribution >= 0.6 is 11.8 Å². The number of benzene rings is 3. The van der Waals surface area contributed by atoms with Gasteiger partial charge in [0.15, 0.2) is 0 Å². The van der Waals surface area contributed by atoms with Crippen molar-refractivity contribution >= 4 is 23.4 Å². The molecule has 162 valence electrons. The van der Waals surface area contributed by atoms with Gasteiger partial charge in [0.1, 0.15) is 18.1 Å². The summed E-state index contributed by atoms with van der Waals surface area (Å²) in [5.41, 5.74) is 3.33. The first-order valence-electron chi connectivity index (χ1n) is 10.4. The Bertz CT molecular complexity index is 1030. The number of amides is 1. The topological polar surface area (TPSA) is 47.6 Å². The summed E-state index contributed by atoms with van der Waals surface area (Å²) in [6.45, 7) is 7.10. The van der Waals surface area contributed by atoms with E-state index in [1.165, 1.54) is 0 Å². The van der Waals surface area contributed by atoms with E-state index in [9.17, 15) is 4.79 Å². The van der Waals surface area contributed by atoms with Crippen molar-refractivity contribution in [3.05, 3.63) is 83.4 Å². The molecule has 0 aliphatic heterocycles. The molecule has 3 aromatic carbocycles. The monoisotopic (exact) mass is 435 g/mol. The minimum atomic E-state index is -0.162. The second-order valence-electron chi connectivity index (χ2n) is 7.42. The normalized spacial score (nSPS) is 10.7. The van der Waals surface area contributed by atoms with Gasteiger partial charge in [-0.15, -0.1) is 11.8 Å². The summed E-state index contributed by atoms with van der Waals surface area (Å²) in [6.07, 6.45) is 2.01. The van der Waals surface area contributed by atoms with Crippen molar-refractivity contribution in [1.82, 2.24) is 0 Å². The van der Waals surface area contributed by atoms with Crippen LogP contribution in [0.4, 0.5) is 5.69 Å². The first-order chi connectivity index (χ1) is 15.0. The van der Waals surface area contributed by atoms with Crippen LogP contribution in [0.1, 0.15) is 48.2 Å². The maximum atomic E-state index is 12.9. The van der Waals surface area contributed by atoms with Gasteiger partial charge in [0.05, 0.1) is 6.61 Å². The predicted octanol–water partition coefficient (Wildman–Crippen LogP) is 6.76. The van der Waals surface area contributed by atoms with Gasteiger partial charge in [-0.1, -0.05) is 38.1 Å². The molecule has 1 amide bonds. The third-order valence-electron chi connectivity index (χ3n) is 4.87. The fraction of sp³-hybridized carbons (Fsp3) is 0.269. The second-order valence-corrected chi connectivity index (χ2v) is 8.30. The molecule has 5 heteroatoms. The minimum absolute atomic E-state index is 0.162. The smallest absolute Gasteiger partial charge is 0.255 e. The maximum Gasteiger partial charge on any atom is 0.255 e. The molecule has 0 saturated heterocycles. The summed E-state index contributed by atoms with van der Waals surface area (Å²) in [6, 6.07) is 21.3. The molecule has 0 atom stereocenters. The molecule has 0 radical (unpaired) electrons. The zero-order chi connectivity index (χ0) is 22.2. The van der Waals surface area contributed by atoms with E-state index in [1.54, 1.807) is 17.8 Å². The molecule has 3 rings (SSSR count). The quantitative estimate of drug-likeness (QED) is 0.377. The predicted molar refractivity (Wildman–Crippen MR) is 129 cm³/mol. The van der Waals surface area contributed by atoms with Gasteiger partial charge in [-0.05, 0) is 67.1 Å². The number of para-hydroxylation sites is 1. The summed E-state index contributed by atoms with van der Waals surface area (Å²) in [5.74, 6) is 1.77. The summed E-state index contributed by atoms with van der Waals surface area (Å²) >= 11 is 1.64. The fourth-order valence-electron chi connectivity index (χ4n) is 3.28. The average molecular weight is 436 g/mol. The Morgan fingerprint density at radius 2 is 1.77 bits per heavy atom. The van der Waals surface area contributed by atoms with Crippen LogP contribution in [0, 0.1) is 0 Å². The van der Waals surface area contributed by atoms with Crippen molar-refractivity contribution in [2.75, 3.05) is 18.2 Å². The molecule has 0 saturated carbocycles. The Balaban J connectivity index is 1.81. The number of ether oxygens (including phenoxy) is 2. The van der Waals surface area contributed by atoms with E-state index < -0.39 is 0 Å². The van der Waals surface area contributed by atoms with Crippen molar-refractivity contribution in [1.29, 1.82) is 0 Å². The number of rotatable bonds is 9. The molecule has 0 unspecified atom stereocenters. The van der Waals surface area contributed by atoms with Crippen molar-refractivity contribution in [3.8, 4) is 11.5 Å². The standard InChI is InChI=1S/C26H29NO3S/c1-5-29-24-14-13-19(26(28)27-21-9-8-10-22(16-21)31-4)15-20(24)17-30-25-12-7-6-11-23(25)18(2)3/h6-16,18H,5,17H2,1-4H3,(H,27,28). The van der Waals surface area contributed by atoms with E-state index in [-0.39, 0.29) is 5.91 Å². The highest BCUT2D eigenvalue weighted by Gasteiger charge is 2.13. The molecular weight excluding hydrogens is 406 g/mol. The lowest BCUT2D eigenvalue weighted by Gasteiger charge is -2.16. The Labute approximate surface area is 189 Å². The molecule has 0 aliphatic carbocycles. The zero-order valence-corrected chi connectivity index (χ0v) is 19.3. The first-order valence-corrected chi connectivity index (χ1v) is 11.7. The number of nitrogens with one attached hydrogen (secondary N) is 1. The van der Waals surface area contributed by atoms with Crippen LogP contribution in [0.2, 0.25) is 0 Å². The lowest BCUT2D eigenvalue weighted by Crippen LogP contribution is -2.13. The lowest BCUT2D eigenvalue weighted by atomic mass is 10.0. The summed E-state index contributed by atoms with van der Waals surface area (Å²) in [5, 5.41) is 2.98. The third kappa shape index (κ3) is 6.05. The van der Waals surface area contributed by atoms with Crippen LogP contribution in [0.25, 0.3) is 0 Å². The number of thioether (sulfide) groups is 1. The molecule has 0 fully saturated rings. The Hall–Kier alpha value is -2.92. The molecule has 0 bridgehead atoms. The number of hydrogen-bond donors (Lipinski definition) is 1. The number of anilines is 1. The highest BCUT2D eigenvalue weighted by atomic mass is 32.2. The van der Waals surface area contributed by atoms with Crippen LogP contribution in [0.3, 0.4) is 0 Å². The largest absolute Gasteiger partial charge is 0.493 e. The number of carbonyl (C=O) groups is 1. The second kappa shape index (κ2) is 10.9. The van der Waals surface area contributed by atoms with Gasteiger partial charge >= 0.3 is 0 Å². The van der Waals surface area contributed by atoms with Gasteiger partial charge in [-0.3, -0.25) is 4.79 Å². The highest BCUT2D eigenvalue weighted by molar-refractivity contribution is 7.98. The van der Waals surface area contributed by atoms with Crippen LogP contribution in [0.5, 0.6) is 11.5 Å². The molecule has 0 aliphatic rings. The van der Waals surface area contributed by atoms with Crippen LogP contribution < -0.4 is 14.8 Å². The van der Waals surface area contributed by atoms with Crippen LogP contribution in [0.15, 0.2) is 71.6 Å². The average Bonchev–Trinajstić information content (AvgIpc) is 2.78. The van der Waals surface area contributed by atoms with Gasteiger partial charge in [0.2, 0.25) is 0 Å². The molecule has 0 heterocycles. The van der Waals surface area contributed by atoms with Crippen LogP contribution in [-0.2, 0) is 6.61 Å². The Kier molecular flexibility index (Phi) is 8.01. The van der Waals surface area contributed by atoms with Crippen molar-refractivity contribution in [2.24, 2.45) is 0 Å². The van der Waals surface area contributed by atoms with Gasteiger partial charge in [-0.2, -0.15) is 0 Å². The third-order valence-corrected chi connectivity index (χ3v) is 5.60. The molecule has 4 nitrogen and oxygen atoms in total. The fourth-order valence-corrected chi connectivity index (χ4v) is 3.74. The molecule has 1 N–H and O–H groups in total. The van der Waals surface area contributed by atoms with E-state index in [1.807, 2.05) is 67.8 Å². The Morgan fingerprint density at radius 3 is 2.52 bits per heavy atom. The number of carbonyl (C=O) groups excluding carboxylic acids is 1. The molecule has 31 heavy (non-hydrogen) atoms. The van der Waals surface area contributed by atoms with Crippen LogP contribution in [-0.4, -0.2) is 18.8 Å². The van der Waals surface area contributed by atoms with Crippen molar-refractivity contribution in [2.45, 2.75) is 38.2 Å². The lowest BCUT2D eigenvalue weighted by molar-refractivity contribution is 0.102. The SMILES string of the molecule is CCOc1ccc(C(=O)Nc2cccc(SC)c2)cc1COc1ccccc1C(C)C. The molecule has 0 spiro atoms. The first kappa shape index (κ1) is 22.8. The van der Waals surface area contributed by atoms with E-state index in [4.69, 9.17) is 9.47 Å². The Morgan fingerprint density at radius 1 is 0.968 bits per heavy atom. The highest BCUT2D eigenvalue weighted by Crippen LogP contribution is 2.29. The minimum Gasteiger partial charge on any atom is -0.493 e. The van der Waals surface area contributed by atoms with Gasteiger partial charge in [-0.25, -0.2) is 0 Å². The molecular formula is C26H29NO3S. The number of hydrogen-bond acceptors (Lipinski definition) is 4. The molecule has 0 aromatic heterocycles. The van der Waals surface area contributed by atoms with Gasteiger partial charge in [0, 0.05) is 21.7 Å². The van der Waals surface area contributed by atoms with Gasteiger partial charge < -0.3 is 14.8 Å². The van der Waals surface area contributed by atoms with Crippen molar-refractivity contribution in [3.63, 3.8) is 0 Å². The summed E-state index contributed by atoms with van der Waals surface area (Å²) in [4.78, 5) is 14.0. The summed E-state index contributed by atoms with van der Waals surface area (Å²) < 4.78 is 11.9. The van der Waals surface area contributed by atoms with E-state index >= 15 is 0 Å². The van der Waals surface area contributed by atoms with E-state index in [2.05, 4.69) is 25.2 Å². The van der Waals surface area contributed by atoms with E-state index in [0.717, 1.165) is 33.2 Å². The van der Waals surface area contributed by atoms with Crippen molar-refractivity contribution < 1.29 is 14.3 Å². The zero-order valence-electron chi connectivity index (χ0n) is 18.5. The van der Waals surface area contributed by atoms with Gasteiger partial charge in [0.25, 0.3) is 5.91 Å². The molecule has 3 aromatic rings. The summed E-state index contributed by atoms with van der Waals surface area (Å²) in [7, 11) is 0.